The van der Waals surface area contributed by atoms with E-state index in [0.717, 1.165) is 31.4 Å². The lowest BCUT2D eigenvalue weighted by atomic mass is 9.71. The first-order valence-corrected chi connectivity index (χ1v) is 7.28. The van der Waals surface area contributed by atoms with Crippen LogP contribution in [0.15, 0.2) is 30.0 Å². The van der Waals surface area contributed by atoms with Gasteiger partial charge in [-0.2, -0.15) is 0 Å². The van der Waals surface area contributed by atoms with Gasteiger partial charge in [0.1, 0.15) is 5.75 Å². The molecule has 0 radical (unpaired) electrons. The summed E-state index contributed by atoms with van der Waals surface area (Å²) < 4.78 is 5.31. The number of hydrogen-bond donors (Lipinski definition) is 1. The fourth-order valence-electron chi connectivity index (χ4n) is 2.78. The minimum atomic E-state index is -0.311. The van der Waals surface area contributed by atoms with Crippen LogP contribution in [0, 0.1) is 0 Å². The number of benzene rings is 1. The summed E-state index contributed by atoms with van der Waals surface area (Å²) in [6.45, 7) is 2.10. The number of unbranched alkanes of at least 4 members (excludes halogenated alkanes) is 1. The van der Waals surface area contributed by atoms with Crippen LogP contribution in [-0.4, -0.2) is 18.1 Å². The number of methoxy groups -OCH3 is 1. The molecule has 2 rings (SSSR count). The molecule has 0 bridgehead atoms. The summed E-state index contributed by atoms with van der Waals surface area (Å²) in [7, 11) is 1.67. The molecule has 2 nitrogen and oxygen atoms in total. The average Bonchev–Trinajstić information content (AvgIpc) is 2.43. The van der Waals surface area contributed by atoms with Crippen LogP contribution < -0.4 is 4.74 Å². The molecule has 0 amide bonds. The third-order valence-corrected chi connectivity index (χ3v) is 4.32. The summed E-state index contributed by atoms with van der Waals surface area (Å²) >= 11 is 5.75. The van der Waals surface area contributed by atoms with Crippen LogP contribution in [-0.2, 0) is 11.8 Å². The van der Waals surface area contributed by atoms with Crippen LogP contribution >= 0.6 is 11.6 Å². The average molecular weight is 281 g/mol. The number of halogens is 1. The van der Waals surface area contributed by atoms with Crippen molar-refractivity contribution in [2.24, 2.45) is 0 Å². The van der Waals surface area contributed by atoms with E-state index >= 15 is 0 Å². The Kier molecular flexibility index (Phi) is 4.41. The number of rotatable bonds is 5. The zero-order chi connectivity index (χ0) is 13.9. The molecule has 1 aromatic rings. The van der Waals surface area contributed by atoms with E-state index < -0.39 is 0 Å². The monoisotopic (exact) mass is 280 g/mol. The summed E-state index contributed by atoms with van der Waals surface area (Å²) in [6.07, 6.45) is 5.60. The molecule has 0 spiro atoms. The van der Waals surface area contributed by atoms with Gasteiger partial charge in [0.05, 0.1) is 12.9 Å². The SMILES string of the molecule is COc1ccc2c(c1)C(C)(CCCCCl)C(O)=CC2. The zero-order valence-corrected chi connectivity index (χ0v) is 12.3. The zero-order valence-electron chi connectivity index (χ0n) is 11.6. The Morgan fingerprint density at radius 2 is 2.16 bits per heavy atom. The molecule has 0 saturated carbocycles. The van der Waals surface area contributed by atoms with Gasteiger partial charge in [-0.05, 0) is 55.5 Å². The van der Waals surface area contributed by atoms with E-state index in [2.05, 4.69) is 19.1 Å². The first kappa shape index (κ1) is 14.3. The van der Waals surface area contributed by atoms with Crippen molar-refractivity contribution in [2.75, 3.05) is 13.0 Å². The lowest BCUT2D eigenvalue weighted by Crippen LogP contribution is -2.29. The highest BCUT2D eigenvalue weighted by Gasteiger charge is 2.35. The summed E-state index contributed by atoms with van der Waals surface area (Å²) in [5.41, 5.74) is 2.14. The van der Waals surface area contributed by atoms with Gasteiger partial charge in [-0.25, -0.2) is 0 Å². The van der Waals surface area contributed by atoms with Crippen LogP contribution in [0.1, 0.15) is 37.3 Å². The van der Waals surface area contributed by atoms with Crippen molar-refractivity contribution in [3.05, 3.63) is 41.2 Å². The minimum Gasteiger partial charge on any atom is -0.512 e. The van der Waals surface area contributed by atoms with Gasteiger partial charge in [-0.3, -0.25) is 0 Å². The maximum atomic E-state index is 10.3. The van der Waals surface area contributed by atoms with E-state index in [0.29, 0.717) is 11.6 Å². The van der Waals surface area contributed by atoms with Crippen LogP contribution in [0.5, 0.6) is 5.75 Å². The van der Waals surface area contributed by atoms with E-state index in [1.165, 1.54) is 11.1 Å². The lowest BCUT2D eigenvalue weighted by molar-refractivity contribution is 0.282. The maximum Gasteiger partial charge on any atom is 0.119 e. The Labute approximate surface area is 120 Å². The second-order valence-corrected chi connectivity index (χ2v) is 5.67. The molecule has 1 aliphatic rings. The van der Waals surface area contributed by atoms with Crippen molar-refractivity contribution in [1.29, 1.82) is 0 Å². The minimum absolute atomic E-state index is 0.311. The standard InChI is InChI=1S/C16H21ClO2/c1-16(9-3-4-10-17)14-11-13(19-2)7-5-12(14)6-8-15(16)18/h5,7-8,11,18H,3-4,6,9-10H2,1-2H3. The van der Waals surface area contributed by atoms with Crippen LogP contribution in [0.3, 0.4) is 0 Å². The number of fused-ring (bicyclic) bond motifs is 1. The van der Waals surface area contributed by atoms with Crippen molar-refractivity contribution in [3.63, 3.8) is 0 Å². The molecule has 0 fully saturated rings. The summed E-state index contributed by atoms with van der Waals surface area (Å²) in [5, 5.41) is 10.3. The summed E-state index contributed by atoms with van der Waals surface area (Å²) in [5.74, 6) is 1.99. The van der Waals surface area contributed by atoms with Gasteiger partial charge in [0, 0.05) is 11.3 Å². The Bertz CT molecular complexity index is 482. The summed E-state index contributed by atoms with van der Waals surface area (Å²) in [4.78, 5) is 0. The van der Waals surface area contributed by atoms with Crippen molar-refractivity contribution in [1.82, 2.24) is 0 Å². The fourth-order valence-corrected chi connectivity index (χ4v) is 2.97. The molecule has 3 heteroatoms. The van der Waals surface area contributed by atoms with Crippen molar-refractivity contribution < 1.29 is 9.84 Å². The Hall–Kier alpha value is -1.15. The number of allylic oxidation sites excluding steroid dienone is 2. The van der Waals surface area contributed by atoms with Gasteiger partial charge in [-0.15, -0.1) is 11.6 Å². The topological polar surface area (TPSA) is 29.5 Å². The van der Waals surface area contributed by atoms with Gasteiger partial charge in [0.2, 0.25) is 0 Å². The molecule has 104 valence electrons. The second kappa shape index (κ2) is 5.87. The van der Waals surface area contributed by atoms with E-state index in [-0.39, 0.29) is 5.41 Å². The quantitative estimate of drug-likeness (QED) is 0.641. The molecule has 1 aromatic carbocycles. The molecule has 19 heavy (non-hydrogen) atoms. The predicted octanol–water partition coefficient (Wildman–Crippen LogP) is 4.36. The Balaban J connectivity index is 2.35. The van der Waals surface area contributed by atoms with E-state index in [9.17, 15) is 5.11 Å². The highest BCUT2D eigenvalue weighted by molar-refractivity contribution is 6.17. The third-order valence-electron chi connectivity index (χ3n) is 4.05. The predicted molar refractivity (Wildman–Crippen MR) is 79.3 cm³/mol. The molecule has 1 aliphatic carbocycles. The largest absolute Gasteiger partial charge is 0.512 e. The number of alkyl halides is 1. The Morgan fingerprint density at radius 3 is 2.84 bits per heavy atom. The van der Waals surface area contributed by atoms with Gasteiger partial charge in [0.25, 0.3) is 0 Å². The van der Waals surface area contributed by atoms with Crippen LogP contribution in [0.25, 0.3) is 0 Å². The van der Waals surface area contributed by atoms with Gasteiger partial charge < -0.3 is 9.84 Å². The van der Waals surface area contributed by atoms with Gasteiger partial charge in [-0.1, -0.05) is 12.5 Å². The number of aliphatic hydroxyl groups is 1. The molecular formula is C16H21ClO2. The smallest absolute Gasteiger partial charge is 0.119 e. The van der Waals surface area contributed by atoms with Crippen molar-refractivity contribution >= 4 is 11.6 Å². The van der Waals surface area contributed by atoms with E-state index in [1.54, 1.807) is 7.11 Å². The van der Waals surface area contributed by atoms with Crippen molar-refractivity contribution in [3.8, 4) is 5.75 Å². The highest BCUT2D eigenvalue weighted by atomic mass is 35.5. The van der Waals surface area contributed by atoms with Crippen molar-refractivity contribution in [2.45, 2.75) is 38.0 Å². The molecule has 0 aromatic heterocycles. The second-order valence-electron chi connectivity index (χ2n) is 5.29. The fraction of sp³-hybridized carbons (Fsp3) is 0.500. The number of ether oxygens (including phenoxy) is 1. The number of hydrogen-bond acceptors (Lipinski definition) is 2. The Morgan fingerprint density at radius 1 is 1.37 bits per heavy atom. The lowest BCUT2D eigenvalue weighted by Gasteiger charge is -2.35. The number of aliphatic hydroxyl groups excluding tert-OH is 1. The molecule has 0 saturated heterocycles. The molecule has 0 aliphatic heterocycles. The van der Waals surface area contributed by atoms with Gasteiger partial charge >= 0.3 is 0 Å². The highest BCUT2D eigenvalue weighted by Crippen LogP contribution is 2.42. The van der Waals surface area contributed by atoms with Crippen LogP contribution in [0.4, 0.5) is 0 Å². The van der Waals surface area contributed by atoms with Crippen LogP contribution in [0.2, 0.25) is 0 Å². The normalized spacial score (nSPS) is 21.7. The first-order valence-electron chi connectivity index (χ1n) is 6.75. The first-order chi connectivity index (χ1) is 9.11. The molecule has 1 atom stereocenters. The molecule has 1 unspecified atom stereocenters. The molecule has 1 N–H and O–H groups in total. The van der Waals surface area contributed by atoms with Gasteiger partial charge in [0.15, 0.2) is 0 Å². The van der Waals surface area contributed by atoms with E-state index in [4.69, 9.17) is 16.3 Å². The molecule has 0 heterocycles. The molecular weight excluding hydrogens is 260 g/mol. The maximum absolute atomic E-state index is 10.3. The summed E-state index contributed by atoms with van der Waals surface area (Å²) in [6, 6.07) is 6.13. The third kappa shape index (κ3) is 2.74. The van der Waals surface area contributed by atoms with E-state index in [1.807, 2.05) is 12.1 Å².